The summed E-state index contributed by atoms with van der Waals surface area (Å²) in [4.78, 5) is 11.0. The summed E-state index contributed by atoms with van der Waals surface area (Å²) in [5, 5.41) is 9.96. The molecule has 0 aliphatic heterocycles. The Labute approximate surface area is 345 Å². The number of furan rings is 1. The predicted octanol–water partition coefficient (Wildman–Crippen LogP) is 15.2. The van der Waals surface area contributed by atoms with Crippen LogP contribution in [-0.2, 0) is 0 Å². The van der Waals surface area contributed by atoms with Crippen LogP contribution >= 0.6 is 0 Å². The summed E-state index contributed by atoms with van der Waals surface area (Å²) < 4.78 is 8.57. The lowest BCUT2D eigenvalue weighted by atomic mass is 9.93. The van der Waals surface area contributed by atoms with Crippen LogP contribution in [0.1, 0.15) is 11.1 Å². The Balaban J connectivity index is 1.17. The molecule has 4 nitrogen and oxygen atoms in total. The van der Waals surface area contributed by atoms with Crippen molar-refractivity contribution in [1.82, 2.24) is 14.5 Å². The molecule has 0 spiro atoms. The molecule has 12 aromatic rings. The Morgan fingerprint density at radius 2 is 1.05 bits per heavy atom. The fourth-order valence-corrected chi connectivity index (χ4v) is 9.50. The van der Waals surface area contributed by atoms with Gasteiger partial charge in [0.05, 0.1) is 22.2 Å². The van der Waals surface area contributed by atoms with Crippen molar-refractivity contribution in [2.75, 3.05) is 0 Å². The van der Waals surface area contributed by atoms with Gasteiger partial charge in [0.2, 0.25) is 5.95 Å². The number of fused-ring (bicyclic) bond motifs is 10. The van der Waals surface area contributed by atoms with Crippen LogP contribution in [-0.4, -0.2) is 14.5 Å². The standard InChI is InChI=1S/C56H35N3O/c1-3-38-39(4-2)52-47-24-14-23-42(37-31-32-51-48(33-37)44-19-10-12-26-50(44)60-51)54(47)59(55(52)45-20-8-7-18-43(38)45)56-57-49-25-11-9-21-46(49)53(58-56)36-29-27-35(28-30-36)41-22-13-16-34-15-5-6-17-40(34)41/h3-33H,1-2H2. The maximum absolute atomic E-state index is 6.28. The molecule has 3 aromatic heterocycles. The van der Waals surface area contributed by atoms with Crippen LogP contribution in [0, 0.1) is 0 Å². The lowest BCUT2D eigenvalue weighted by molar-refractivity contribution is 0.669. The summed E-state index contributed by atoms with van der Waals surface area (Å²) in [6.45, 7) is 8.65. The Morgan fingerprint density at radius 3 is 1.88 bits per heavy atom. The van der Waals surface area contributed by atoms with Crippen molar-refractivity contribution in [2.24, 2.45) is 0 Å². The van der Waals surface area contributed by atoms with E-state index in [1.54, 1.807) is 0 Å². The number of aromatic nitrogens is 3. The third kappa shape index (κ3) is 4.98. The molecular weight excluding hydrogens is 731 g/mol. The van der Waals surface area contributed by atoms with Crippen LogP contribution in [0.3, 0.4) is 0 Å². The number of hydrogen-bond donors (Lipinski definition) is 0. The van der Waals surface area contributed by atoms with E-state index in [4.69, 9.17) is 14.4 Å². The zero-order valence-electron chi connectivity index (χ0n) is 32.6. The smallest absolute Gasteiger partial charge is 0.235 e. The lowest BCUT2D eigenvalue weighted by Gasteiger charge is -2.15. The molecule has 4 heteroatoms. The monoisotopic (exact) mass is 765 g/mol. The first-order valence-electron chi connectivity index (χ1n) is 20.2. The molecule has 0 aliphatic carbocycles. The molecule has 12 rings (SSSR count). The van der Waals surface area contributed by atoms with Crippen LogP contribution in [0.5, 0.6) is 0 Å². The molecule has 0 saturated carbocycles. The minimum atomic E-state index is 0.593. The van der Waals surface area contributed by atoms with E-state index in [9.17, 15) is 0 Å². The highest BCUT2D eigenvalue weighted by atomic mass is 16.3. The van der Waals surface area contributed by atoms with Crippen LogP contribution in [0.25, 0.3) is 128 Å². The predicted molar refractivity (Wildman–Crippen MR) is 253 cm³/mol. The summed E-state index contributed by atoms with van der Waals surface area (Å²) in [5.41, 5.74) is 13.1. The highest BCUT2D eigenvalue weighted by molar-refractivity contribution is 6.25. The normalized spacial score (nSPS) is 11.8. The van der Waals surface area contributed by atoms with Gasteiger partial charge >= 0.3 is 0 Å². The molecule has 280 valence electrons. The molecule has 0 bridgehead atoms. The van der Waals surface area contributed by atoms with Gasteiger partial charge < -0.3 is 4.42 Å². The average Bonchev–Trinajstić information content (AvgIpc) is 3.87. The van der Waals surface area contributed by atoms with Gasteiger partial charge in [-0.1, -0.05) is 177 Å². The first-order chi connectivity index (χ1) is 29.7. The van der Waals surface area contributed by atoms with Crippen molar-refractivity contribution >= 4 is 88.3 Å². The molecule has 0 radical (unpaired) electrons. The number of rotatable bonds is 6. The van der Waals surface area contributed by atoms with E-state index in [2.05, 4.69) is 182 Å². The fourth-order valence-electron chi connectivity index (χ4n) is 9.50. The molecule has 0 amide bonds. The summed E-state index contributed by atoms with van der Waals surface area (Å²) >= 11 is 0. The van der Waals surface area contributed by atoms with Crippen LogP contribution in [0.4, 0.5) is 0 Å². The van der Waals surface area contributed by atoms with E-state index in [1.807, 2.05) is 24.3 Å². The molecule has 0 aliphatic rings. The molecule has 60 heavy (non-hydrogen) atoms. The van der Waals surface area contributed by atoms with E-state index >= 15 is 0 Å². The van der Waals surface area contributed by atoms with Gasteiger partial charge in [-0.05, 0) is 68.2 Å². The fraction of sp³-hybridized carbons (Fsp3) is 0. The number of benzene rings is 9. The Bertz CT molecular complexity index is 3750. The topological polar surface area (TPSA) is 43.9 Å². The SMILES string of the molecule is C=Cc1c(C=C)c2c3cccc(-c4ccc5oc6ccccc6c5c4)c3n(-c3nc(-c4ccc(-c5cccc6ccccc56)cc4)c4ccccc4n3)c2c2ccccc12. The van der Waals surface area contributed by atoms with Crippen molar-refractivity contribution < 1.29 is 4.42 Å². The molecule has 0 unspecified atom stereocenters. The molecule has 0 atom stereocenters. The maximum Gasteiger partial charge on any atom is 0.235 e. The van der Waals surface area contributed by atoms with Crippen molar-refractivity contribution in [3.05, 3.63) is 200 Å². The number of para-hydroxylation sites is 3. The van der Waals surface area contributed by atoms with Gasteiger partial charge in [0, 0.05) is 43.4 Å². The Morgan fingerprint density at radius 1 is 0.433 bits per heavy atom. The van der Waals surface area contributed by atoms with Gasteiger partial charge in [0.1, 0.15) is 11.2 Å². The molecule has 0 fully saturated rings. The van der Waals surface area contributed by atoms with Gasteiger partial charge in [-0.25, -0.2) is 9.97 Å². The van der Waals surface area contributed by atoms with Gasteiger partial charge in [0.25, 0.3) is 0 Å². The van der Waals surface area contributed by atoms with Gasteiger partial charge in [-0.3, -0.25) is 4.57 Å². The quantitative estimate of drug-likeness (QED) is 0.169. The summed E-state index contributed by atoms with van der Waals surface area (Å²) in [6.07, 6.45) is 3.92. The zero-order chi connectivity index (χ0) is 39.9. The first kappa shape index (κ1) is 34.0. The van der Waals surface area contributed by atoms with Gasteiger partial charge in [-0.2, -0.15) is 0 Å². The second-order valence-corrected chi connectivity index (χ2v) is 15.3. The highest BCUT2D eigenvalue weighted by Gasteiger charge is 2.25. The molecule has 3 heterocycles. The zero-order valence-corrected chi connectivity index (χ0v) is 32.6. The number of hydrogen-bond acceptors (Lipinski definition) is 3. The molecule has 0 saturated heterocycles. The first-order valence-corrected chi connectivity index (χ1v) is 20.2. The summed E-state index contributed by atoms with van der Waals surface area (Å²) in [7, 11) is 0. The third-order valence-electron chi connectivity index (χ3n) is 12.2. The molecule has 9 aromatic carbocycles. The third-order valence-corrected chi connectivity index (χ3v) is 12.2. The summed E-state index contributed by atoms with van der Waals surface area (Å²) in [5.74, 6) is 0.593. The maximum atomic E-state index is 6.28. The van der Waals surface area contributed by atoms with E-state index in [1.165, 1.54) is 16.3 Å². The lowest BCUT2D eigenvalue weighted by Crippen LogP contribution is -2.05. The average molecular weight is 766 g/mol. The van der Waals surface area contributed by atoms with Crippen molar-refractivity contribution in [2.45, 2.75) is 0 Å². The molecular formula is C56H35N3O. The highest BCUT2D eigenvalue weighted by Crippen LogP contribution is 2.45. The second kappa shape index (κ2) is 13.2. The van der Waals surface area contributed by atoms with Gasteiger partial charge in [0.15, 0.2) is 0 Å². The minimum Gasteiger partial charge on any atom is -0.456 e. The van der Waals surface area contributed by atoms with Crippen LogP contribution in [0.15, 0.2) is 193 Å². The van der Waals surface area contributed by atoms with Crippen LogP contribution in [0.2, 0.25) is 0 Å². The van der Waals surface area contributed by atoms with Crippen LogP contribution < -0.4 is 0 Å². The van der Waals surface area contributed by atoms with Gasteiger partial charge in [-0.15, -0.1) is 0 Å². The van der Waals surface area contributed by atoms with E-state index in [0.29, 0.717) is 5.95 Å². The largest absolute Gasteiger partial charge is 0.456 e. The second-order valence-electron chi connectivity index (χ2n) is 15.3. The van der Waals surface area contributed by atoms with E-state index in [0.717, 1.165) is 104 Å². The summed E-state index contributed by atoms with van der Waals surface area (Å²) in [6, 6.07) is 62.0. The Hall–Kier alpha value is -8.08. The van der Waals surface area contributed by atoms with Crippen molar-refractivity contribution in [3.63, 3.8) is 0 Å². The van der Waals surface area contributed by atoms with E-state index in [-0.39, 0.29) is 0 Å². The Kier molecular flexibility index (Phi) is 7.50. The van der Waals surface area contributed by atoms with Crippen molar-refractivity contribution in [3.8, 4) is 39.5 Å². The van der Waals surface area contributed by atoms with Crippen molar-refractivity contribution in [1.29, 1.82) is 0 Å². The molecule has 0 N–H and O–H groups in total. The number of nitrogens with zero attached hydrogens (tertiary/aromatic N) is 3. The van der Waals surface area contributed by atoms with E-state index < -0.39 is 0 Å². The minimum absolute atomic E-state index is 0.593.